The lowest BCUT2D eigenvalue weighted by atomic mass is 10.1. The van der Waals surface area contributed by atoms with Gasteiger partial charge in [-0.25, -0.2) is 0 Å². The molecular formula is C11H14O3. The summed E-state index contributed by atoms with van der Waals surface area (Å²) in [5.41, 5.74) is 0.663. The topological polar surface area (TPSA) is 35.5 Å². The highest BCUT2D eigenvalue weighted by molar-refractivity contribution is 5.99. The minimum Gasteiger partial charge on any atom is -0.359 e. The largest absolute Gasteiger partial charge is 0.359 e. The third kappa shape index (κ3) is 2.94. The van der Waals surface area contributed by atoms with E-state index in [2.05, 4.69) is 0 Å². The fraction of sp³-hybridized carbons (Fsp3) is 0.364. The molecule has 0 aliphatic rings. The number of Topliss-reactive ketones (excluding diaryl/α,β-unsaturated/α-hetero) is 1. The van der Waals surface area contributed by atoms with Gasteiger partial charge in [0.2, 0.25) is 0 Å². The Labute approximate surface area is 83.6 Å². The Morgan fingerprint density at radius 1 is 1.36 bits per heavy atom. The monoisotopic (exact) mass is 194 g/mol. The lowest BCUT2D eigenvalue weighted by Crippen LogP contribution is -2.21. The van der Waals surface area contributed by atoms with Crippen LogP contribution in [0.4, 0.5) is 0 Å². The third-order valence-electron chi connectivity index (χ3n) is 1.86. The number of carbonyl (C=O) groups is 1. The Hall–Kier alpha value is -1.19. The molecule has 0 unspecified atom stereocenters. The van der Waals surface area contributed by atoms with E-state index in [4.69, 9.17) is 9.47 Å². The normalized spacial score (nSPS) is 12.4. The molecule has 0 heterocycles. The third-order valence-corrected chi connectivity index (χ3v) is 1.86. The van der Waals surface area contributed by atoms with Crippen molar-refractivity contribution in [3.63, 3.8) is 0 Å². The predicted molar refractivity (Wildman–Crippen MR) is 53.2 cm³/mol. The van der Waals surface area contributed by atoms with Gasteiger partial charge in [-0.05, 0) is 6.92 Å². The second-order valence-electron chi connectivity index (χ2n) is 2.95. The van der Waals surface area contributed by atoms with E-state index in [0.717, 1.165) is 0 Å². The minimum atomic E-state index is -0.461. The van der Waals surface area contributed by atoms with E-state index < -0.39 is 6.10 Å². The van der Waals surface area contributed by atoms with Crippen LogP contribution >= 0.6 is 0 Å². The zero-order chi connectivity index (χ0) is 10.4. The van der Waals surface area contributed by atoms with Crippen molar-refractivity contribution in [3.8, 4) is 0 Å². The summed E-state index contributed by atoms with van der Waals surface area (Å²) in [4.78, 5) is 11.7. The van der Waals surface area contributed by atoms with Gasteiger partial charge in [0.05, 0.1) is 0 Å². The van der Waals surface area contributed by atoms with Gasteiger partial charge in [-0.2, -0.15) is 0 Å². The van der Waals surface area contributed by atoms with Crippen LogP contribution in [0.5, 0.6) is 0 Å². The van der Waals surface area contributed by atoms with Crippen LogP contribution in [0.2, 0.25) is 0 Å². The Morgan fingerprint density at radius 2 is 2.00 bits per heavy atom. The lowest BCUT2D eigenvalue weighted by molar-refractivity contribution is -0.0541. The summed E-state index contributed by atoms with van der Waals surface area (Å²) < 4.78 is 9.86. The Morgan fingerprint density at radius 3 is 2.57 bits per heavy atom. The summed E-state index contributed by atoms with van der Waals surface area (Å²) in [6, 6.07) is 9.08. The molecule has 0 amide bonds. The van der Waals surface area contributed by atoms with Crippen molar-refractivity contribution in [1.82, 2.24) is 0 Å². The van der Waals surface area contributed by atoms with E-state index >= 15 is 0 Å². The van der Waals surface area contributed by atoms with Crippen LogP contribution in [-0.2, 0) is 9.47 Å². The molecule has 0 aliphatic heterocycles. The first-order valence-corrected chi connectivity index (χ1v) is 4.45. The molecule has 0 saturated carbocycles. The average molecular weight is 194 g/mol. The molecule has 0 radical (unpaired) electrons. The summed E-state index contributed by atoms with van der Waals surface area (Å²) in [5, 5.41) is 0. The van der Waals surface area contributed by atoms with Crippen molar-refractivity contribution < 1.29 is 14.3 Å². The van der Waals surface area contributed by atoms with Crippen LogP contribution in [0.25, 0.3) is 0 Å². The highest BCUT2D eigenvalue weighted by Crippen LogP contribution is 2.05. The van der Waals surface area contributed by atoms with E-state index in [0.29, 0.717) is 5.56 Å². The molecule has 0 saturated heterocycles. The summed E-state index contributed by atoms with van der Waals surface area (Å²) in [7, 11) is 1.53. The molecule has 3 nitrogen and oxygen atoms in total. The van der Waals surface area contributed by atoms with E-state index in [1.165, 1.54) is 7.11 Å². The first kappa shape index (κ1) is 10.9. The molecule has 0 aromatic heterocycles. The number of ketones is 1. The van der Waals surface area contributed by atoms with Gasteiger partial charge in [0.1, 0.15) is 12.9 Å². The van der Waals surface area contributed by atoms with Crippen molar-refractivity contribution in [2.75, 3.05) is 13.9 Å². The van der Waals surface area contributed by atoms with Crippen molar-refractivity contribution in [3.05, 3.63) is 35.9 Å². The SMILES string of the molecule is COCO[C@@H](C)C(=O)c1ccccc1. The molecule has 14 heavy (non-hydrogen) atoms. The molecule has 0 bridgehead atoms. The quantitative estimate of drug-likeness (QED) is 0.530. The number of methoxy groups -OCH3 is 1. The molecule has 1 aromatic carbocycles. The summed E-state index contributed by atoms with van der Waals surface area (Å²) in [5.74, 6) is -0.0253. The number of hydrogen-bond acceptors (Lipinski definition) is 3. The summed E-state index contributed by atoms with van der Waals surface area (Å²) in [6.45, 7) is 1.86. The van der Waals surface area contributed by atoms with Crippen molar-refractivity contribution in [2.45, 2.75) is 13.0 Å². The number of hydrogen-bond donors (Lipinski definition) is 0. The smallest absolute Gasteiger partial charge is 0.191 e. The van der Waals surface area contributed by atoms with Crippen LogP contribution in [0.1, 0.15) is 17.3 Å². The Kier molecular flexibility index (Phi) is 4.29. The standard InChI is InChI=1S/C11H14O3/c1-9(14-8-13-2)11(12)10-6-4-3-5-7-10/h3-7,9H,8H2,1-2H3/t9-/m0/s1. The van der Waals surface area contributed by atoms with Crippen molar-refractivity contribution >= 4 is 5.78 Å². The Balaban J connectivity index is 2.57. The molecule has 76 valence electrons. The van der Waals surface area contributed by atoms with Crippen molar-refractivity contribution in [2.24, 2.45) is 0 Å². The van der Waals surface area contributed by atoms with Crippen LogP contribution in [0, 0.1) is 0 Å². The highest BCUT2D eigenvalue weighted by atomic mass is 16.7. The lowest BCUT2D eigenvalue weighted by Gasteiger charge is -2.10. The van der Waals surface area contributed by atoms with E-state index in [1.807, 2.05) is 18.2 Å². The van der Waals surface area contributed by atoms with Crippen LogP contribution < -0.4 is 0 Å². The molecule has 3 heteroatoms. The fourth-order valence-electron chi connectivity index (χ4n) is 1.08. The number of rotatable bonds is 5. The van der Waals surface area contributed by atoms with Crippen LogP contribution in [0.15, 0.2) is 30.3 Å². The minimum absolute atomic E-state index is 0.0253. The van der Waals surface area contributed by atoms with Gasteiger partial charge in [-0.1, -0.05) is 30.3 Å². The van der Waals surface area contributed by atoms with Gasteiger partial charge in [0.15, 0.2) is 5.78 Å². The maximum Gasteiger partial charge on any atom is 0.191 e. The van der Waals surface area contributed by atoms with Gasteiger partial charge in [0.25, 0.3) is 0 Å². The van der Waals surface area contributed by atoms with Crippen LogP contribution in [-0.4, -0.2) is 25.8 Å². The first-order valence-electron chi connectivity index (χ1n) is 4.45. The van der Waals surface area contributed by atoms with Crippen molar-refractivity contribution in [1.29, 1.82) is 0 Å². The Bertz CT molecular complexity index is 282. The predicted octanol–water partition coefficient (Wildman–Crippen LogP) is 1.88. The summed E-state index contributed by atoms with van der Waals surface area (Å²) >= 11 is 0. The molecule has 1 aromatic rings. The average Bonchev–Trinajstić information content (AvgIpc) is 2.26. The maximum absolute atomic E-state index is 11.7. The maximum atomic E-state index is 11.7. The van der Waals surface area contributed by atoms with Gasteiger partial charge >= 0.3 is 0 Å². The second kappa shape index (κ2) is 5.52. The molecule has 0 spiro atoms. The highest BCUT2D eigenvalue weighted by Gasteiger charge is 2.14. The zero-order valence-electron chi connectivity index (χ0n) is 8.40. The molecule has 0 N–H and O–H groups in total. The molecule has 1 atom stereocenters. The molecule has 0 aliphatic carbocycles. The summed E-state index contributed by atoms with van der Waals surface area (Å²) in [6.07, 6.45) is -0.461. The first-order chi connectivity index (χ1) is 6.75. The van der Waals surface area contributed by atoms with E-state index in [9.17, 15) is 4.79 Å². The second-order valence-corrected chi connectivity index (χ2v) is 2.95. The van der Waals surface area contributed by atoms with E-state index in [-0.39, 0.29) is 12.6 Å². The van der Waals surface area contributed by atoms with E-state index in [1.54, 1.807) is 19.1 Å². The number of carbonyl (C=O) groups excluding carboxylic acids is 1. The molecular weight excluding hydrogens is 180 g/mol. The zero-order valence-corrected chi connectivity index (χ0v) is 8.40. The van der Waals surface area contributed by atoms with Crippen LogP contribution in [0.3, 0.4) is 0 Å². The number of benzene rings is 1. The number of ether oxygens (including phenoxy) is 2. The van der Waals surface area contributed by atoms with Gasteiger partial charge in [0, 0.05) is 12.7 Å². The fourth-order valence-corrected chi connectivity index (χ4v) is 1.08. The van der Waals surface area contributed by atoms with Gasteiger partial charge in [-0.15, -0.1) is 0 Å². The van der Waals surface area contributed by atoms with Gasteiger partial charge in [-0.3, -0.25) is 4.79 Å². The molecule has 0 fully saturated rings. The van der Waals surface area contributed by atoms with Gasteiger partial charge < -0.3 is 9.47 Å². The molecule has 1 rings (SSSR count).